The SMILES string of the molecule is c1cc2c(cc1CCNCC1CCSCC1)CCO2. The molecular weight excluding hydrogens is 254 g/mol. The lowest BCUT2D eigenvalue weighted by atomic mass is 10.0. The van der Waals surface area contributed by atoms with Crippen molar-refractivity contribution in [1.82, 2.24) is 5.32 Å². The number of nitrogens with one attached hydrogen (secondary N) is 1. The van der Waals surface area contributed by atoms with Gasteiger partial charge in [0.05, 0.1) is 6.61 Å². The number of hydrogen-bond donors (Lipinski definition) is 1. The van der Waals surface area contributed by atoms with Gasteiger partial charge in [-0.1, -0.05) is 12.1 Å². The van der Waals surface area contributed by atoms with Crippen LogP contribution in [0.4, 0.5) is 0 Å². The van der Waals surface area contributed by atoms with Gasteiger partial charge in [-0.25, -0.2) is 0 Å². The summed E-state index contributed by atoms with van der Waals surface area (Å²) in [5, 5.41) is 3.63. The number of fused-ring (bicyclic) bond motifs is 1. The Kier molecular flexibility index (Phi) is 4.67. The van der Waals surface area contributed by atoms with Crippen molar-refractivity contribution in [3.8, 4) is 5.75 Å². The number of thioether (sulfide) groups is 1. The van der Waals surface area contributed by atoms with Gasteiger partial charge in [0.1, 0.15) is 5.75 Å². The van der Waals surface area contributed by atoms with Gasteiger partial charge in [0, 0.05) is 6.42 Å². The van der Waals surface area contributed by atoms with Crippen LogP contribution >= 0.6 is 11.8 Å². The van der Waals surface area contributed by atoms with Crippen LogP contribution in [0.3, 0.4) is 0 Å². The Morgan fingerprint density at radius 2 is 2.16 bits per heavy atom. The second kappa shape index (κ2) is 6.67. The van der Waals surface area contributed by atoms with Gasteiger partial charge >= 0.3 is 0 Å². The van der Waals surface area contributed by atoms with E-state index in [-0.39, 0.29) is 0 Å². The van der Waals surface area contributed by atoms with Crippen LogP contribution in [-0.2, 0) is 12.8 Å². The highest BCUT2D eigenvalue weighted by molar-refractivity contribution is 7.99. The van der Waals surface area contributed by atoms with Crippen LogP contribution in [0.5, 0.6) is 5.75 Å². The molecule has 0 spiro atoms. The fourth-order valence-electron chi connectivity index (χ4n) is 2.88. The number of benzene rings is 1. The van der Waals surface area contributed by atoms with Crippen LogP contribution in [-0.4, -0.2) is 31.2 Å². The minimum absolute atomic E-state index is 0.858. The van der Waals surface area contributed by atoms with Gasteiger partial charge in [-0.15, -0.1) is 0 Å². The Morgan fingerprint density at radius 3 is 3.05 bits per heavy atom. The Labute approximate surface area is 120 Å². The van der Waals surface area contributed by atoms with Crippen molar-refractivity contribution >= 4 is 11.8 Å². The van der Waals surface area contributed by atoms with E-state index in [4.69, 9.17) is 4.74 Å². The molecule has 0 atom stereocenters. The summed E-state index contributed by atoms with van der Waals surface area (Å²) < 4.78 is 5.54. The van der Waals surface area contributed by atoms with Crippen molar-refractivity contribution in [1.29, 1.82) is 0 Å². The van der Waals surface area contributed by atoms with Crippen molar-refractivity contribution in [3.63, 3.8) is 0 Å². The molecule has 0 radical (unpaired) electrons. The second-order valence-electron chi connectivity index (χ2n) is 5.55. The summed E-state index contributed by atoms with van der Waals surface area (Å²) in [4.78, 5) is 0. The monoisotopic (exact) mass is 277 g/mol. The lowest BCUT2D eigenvalue weighted by molar-refractivity contribution is 0.357. The molecule has 1 aromatic carbocycles. The maximum Gasteiger partial charge on any atom is 0.122 e. The molecule has 0 saturated carbocycles. The molecule has 104 valence electrons. The van der Waals surface area contributed by atoms with Gasteiger partial charge in [0.25, 0.3) is 0 Å². The smallest absolute Gasteiger partial charge is 0.122 e. The molecule has 3 heteroatoms. The van der Waals surface area contributed by atoms with Crippen LogP contribution < -0.4 is 10.1 Å². The largest absolute Gasteiger partial charge is 0.493 e. The van der Waals surface area contributed by atoms with Gasteiger partial charge in [-0.05, 0) is 67.0 Å². The first-order valence-corrected chi connectivity index (χ1v) is 8.60. The summed E-state index contributed by atoms with van der Waals surface area (Å²) in [7, 11) is 0. The zero-order valence-corrected chi connectivity index (χ0v) is 12.3. The molecule has 1 fully saturated rings. The number of rotatable bonds is 5. The highest BCUT2D eigenvalue weighted by atomic mass is 32.2. The van der Waals surface area contributed by atoms with E-state index < -0.39 is 0 Å². The number of hydrogen-bond acceptors (Lipinski definition) is 3. The molecule has 1 aromatic rings. The maximum absolute atomic E-state index is 5.54. The first-order chi connectivity index (χ1) is 9.42. The first-order valence-electron chi connectivity index (χ1n) is 7.45. The molecule has 1 N–H and O–H groups in total. The van der Waals surface area contributed by atoms with E-state index in [2.05, 4.69) is 35.3 Å². The zero-order valence-electron chi connectivity index (χ0n) is 11.5. The van der Waals surface area contributed by atoms with E-state index in [1.54, 1.807) is 0 Å². The van der Waals surface area contributed by atoms with Crippen LogP contribution in [0.15, 0.2) is 18.2 Å². The minimum Gasteiger partial charge on any atom is -0.493 e. The molecule has 2 aliphatic heterocycles. The summed E-state index contributed by atoms with van der Waals surface area (Å²) in [6.07, 6.45) is 5.01. The normalized spacial score (nSPS) is 19.2. The summed E-state index contributed by atoms with van der Waals surface area (Å²) in [5.41, 5.74) is 2.83. The van der Waals surface area contributed by atoms with Gasteiger partial charge in [0.2, 0.25) is 0 Å². The van der Waals surface area contributed by atoms with Crippen LogP contribution in [0, 0.1) is 5.92 Å². The lowest BCUT2D eigenvalue weighted by Gasteiger charge is -2.21. The van der Waals surface area contributed by atoms with Gasteiger partial charge in [-0.2, -0.15) is 11.8 Å². The van der Waals surface area contributed by atoms with E-state index in [0.717, 1.165) is 37.7 Å². The topological polar surface area (TPSA) is 21.3 Å². The number of ether oxygens (including phenoxy) is 1. The van der Waals surface area contributed by atoms with Gasteiger partial charge in [0.15, 0.2) is 0 Å². The van der Waals surface area contributed by atoms with Crippen molar-refractivity contribution in [2.75, 3.05) is 31.2 Å². The minimum atomic E-state index is 0.858. The molecule has 0 amide bonds. The third-order valence-electron chi connectivity index (χ3n) is 4.12. The first kappa shape index (κ1) is 13.3. The van der Waals surface area contributed by atoms with E-state index in [1.807, 2.05) is 0 Å². The molecule has 2 heterocycles. The fourth-order valence-corrected chi connectivity index (χ4v) is 4.09. The Balaban J connectivity index is 1.40. The summed E-state index contributed by atoms with van der Waals surface area (Å²) in [5.74, 6) is 4.72. The molecule has 3 rings (SSSR count). The Bertz CT molecular complexity index is 415. The highest BCUT2D eigenvalue weighted by Crippen LogP contribution is 2.26. The average molecular weight is 277 g/mol. The van der Waals surface area contributed by atoms with Crippen molar-refractivity contribution in [2.45, 2.75) is 25.7 Å². The van der Waals surface area contributed by atoms with Crippen LogP contribution in [0.1, 0.15) is 24.0 Å². The molecule has 0 unspecified atom stereocenters. The predicted molar refractivity (Wildman–Crippen MR) is 82.3 cm³/mol. The fraction of sp³-hybridized carbons (Fsp3) is 0.625. The van der Waals surface area contributed by atoms with E-state index in [9.17, 15) is 0 Å². The molecular formula is C16H23NOS. The average Bonchev–Trinajstić information content (AvgIpc) is 2.92. The molecule has 0 bridgehead atoms. The lowest BCUT2D eigenvalue weighted by Crippen LogP contribution is -2.27. The second-order valence-corrected chi connectivity index (χ2v) is 6.78. The van der Waals surface area contributed by atoms with Crippen LogP contribution in [0.2, 0.25) is 0 Å². The van der Waals surface area contributed by atoms with E-state index in [1.165, 1.54) is 42.0 Å². The third kappa shape index (κ3) is 3.67. The molecule has 2 nitrogen and oxygen atoms in total. The van der Waals surface area contributed by atoms with Crippen molar-refractivity contribution < 1.29 is 4.74 Å². The van der Waals surface area contributed by atoms with Crippen molar-refractivity contribution in [3.05, 3.63) is 29.3 Å². The zero-order chi connectivity index (χ0) is 12.9. The summed E-state index contributed by atoms with van der Waals surface area (Å²) in [6, 6.07) is 6.67. The third-order valence-corrected chi connectivity index (χ3v) is 5.17. The maximum atomic E-state index is 5.54. The quantitative estimate of drug-likeness (QED) is 0.836. The van der Waals surface area contributed by atoms with Crippen LogP contribution in [0.25, 0.3) is 0 Å². The van der Waals surface area contributed by atoms with E-state index >= 15 is 0 Å². The predicted octanol–water partition coefficient (Wildman–Crippen LogP) is 2.90. The molecule has 19 heavy (non-hydrogen) atoms. The van der Waals surface area contributed by atoms with E-state index in [0.29, 0.717) is 0 Å². The van der Waals surface area contributed by atoms with Crippen molar-refractivity contribution in [2.24, 2.45) is 5.92 Å². The molecule has 2 aliphatic rings. The van der Waals surface area contributed by atoms with Gasteiger partial charge in [-0.3, -0.25) is 0 Å². The molecule has 1 saturated heterocycles. The molecule has 0 aromatic heterocycles. The summed E-state index contributed by atoms with van der Waals surface area (Å²) in [6.45, 7) is 3.16. The Morgan fingerprint density at radius 1 is 1.26 bits per heavy atom. The highest BCUT2D eigenvalue weighted by Gasteiger charge is 2.13. The Hall–Kier alpha value is -0.670. The van der Waals surface area contributed by atoms with Gasteiger partial charge < -0.3 is 10.1 Å². The molecule has 0 aliphatic carbocycles. The summed E-state index contributed by atoms with van der Waals surface area (Å²) >= 11 is 2.11. The standard InChI is InChI=1S/C16H23NOS/c1-2-16-15(4-8-18-16)11-13(1)3-7-17-12-14-5-9-19-10-6-14/h1-2,11,14,17H,3-10,12H2.